The van der Waals surface area contributed by atoms with Gasteiger partial charge in [0.05, 0.1) is 0 Å². The Morgan fingerprint density at radius 2 is 1.89 bits per heavy atom. The first-order valence-electron chi connectivity index (χ1n) is 6.49. The molecule has 0 saturated carbocycles. The van der Waals surface area contributed by atoms with Crippen molar-refractivity contribution in [2.45, 2.75) is 32.6 Å². The summed E-state index contributed by atoms with van der Waals surface area (Å²) >= 11 is 1.63. The highest BCUT2D eigenvalue weighted by Crippen LogP contribution is 2.19. The highest BCUT2D eigenvalue weighted by Gasteiger charge is 2.13. The Balaban J connectivity index is 1.79. The third-order valence-corrected chi connectivity index (χ3v) is 4.00. The molecule has 0 spiro atoms. The van der Waals surface area contributed by atoms with Crippen LogP contribution in [0.3, 0.4) is 0 Å². The molecule has 0 bridgehead atoms. The van der Waals surface area contributed by atoms with Gasteiger partial charge in [0.2, 0.25) is 4.96 Å². The first-order chi connectivity index (χ1) is 9.24. The van der Waals surface area contributed by atoms with Gasteiger partial charge < -0.3 is 0 Å². The minimum Gasteiger partial charge on any atom is -0.187 e. The molecule has 0 aliphatic carbocycles. The molecule has 19 heavy (non-hydrogen) atoms. The minimum absolute atomic E-state index is 0.346. The summed E-state index contributed by atoms with van der Waals surface area (Å²) in [6.07, 6.45) is 1.97. The summed E-state index contributed by atoms with van der Waals surface area (Å²) in [5, 5.41) is 14.1. The highest BCUT2D eigenvalue weighted by molar-refractivity contribution is 7.16. The van der Waals surface area contributed by atoms with E-state index < -0.39 is 0 Å². The van der Waals surface area contributed by atoms with E-state index in [9.17, 15) is 0 Å². The Morgan fingerprint density at radius 3 is 2.63 bits per heavy atom. The molecule has 0 fully saturated rings. The van der Waals surface area contributed by atoms with E-state index in [4.69, 9.17) is 0 Å². The van der Waals surface area contributed by atoms with E-state index in [0.29, 0.717) is 5.92 Å². The summed E-state index contributed by atoms with van der Waals surface area (Å²) in [5.41, 5.74) is 1.34. The zero-order valence-corrected chi connectivity index (χ0v) is 11.9. The third kappa shape index (κ3) is 2.51. The molecule has 0 saturated heterocycles. The Labute approximate surface area is 116 Å². The van der Waals surface area contributed by atoms with E-state index >= 15 is 0 Å². The molecule has 0 radical (unpaired) electrons. The lowest BCUT2D eigenvalue weighted by Crippen LogP contribution is -1.99. The van der Waals surface area contributed by atoms with Crippen molar-refractivity contribution in [2.75, 3.05) is 0 Å². The molecule has 0 aliphatic heterocycles. The fourth-order valence-corrected chi connectivity index (χ4v) is 2.87. The lowest BCUT2D eigenvalue weighted by atomic mass is 10.1. The predicted octanol–water partition coefficient (Wildman–Crippen LogP) is 3.09. The van der Waals surface area contributed by atoms with Gasteiger partial charge in [-0.2, -0.15) is 9.61 Å². The maximum atomic E-state index is 4.62. The molecule has 0 amide bonds. The van der Waals surface area contributed by atoms with Gasteiger partial charge in [-0.3, -0.25) is 0 Å². The second kappa shape index (κ2) is 5.09. The van der Waals surface area contributed by atoms with Crippen molar-refractivity contribution >= 4 is 16.3 Å². The molecule has 4 nitrogen and oxygen atoms in total. The van der Waals surface area contributed by atoms with Crippen LogP contribution in [0.2, 0.25) is 0 Å². The van der Waals surface area contributed by atoms with Crippen molar-refractivity contribution in [1.29, 1.82) is 0 Å². The Morgan fingerprint density at radius 1 is 1.11 bits per heavy atom. The van der Waals surface area contributed by atoms with Crippen LogP contribution in [-0.2, 0) is 12.8 Å². The molecule has 2 heterocycles. The average Bonchev–Trinajstić information content (AvgIpc) is 2.96. The van der Waals surface area contributed by atoms with Crippen LogP contribution < -0.4 is 0 Å². The molecule has 1 aromatic carbocycles. The molecule has 3 rings (SSSR count). The van der Waals surface area contributed by atoms with E-state index in [1.165, 1.54) is 5.56 Å². The summed E-state index contributed by atoms with van der Waals surface area (Å²) in [6.45, 7) is 4.22. The van der Waals surface area contributed by atoms with Crippen LogP contribution in [0.4, 0.5) is 0 Å². The molecule has 0 aliphatic rings. The van der Waals surface area contributed by atoms with Gasteiger partial charge in [0.1, 0.15) is 5.01 Å². The van der Waals surface area contributed by atoms with Crippen molar-refractivity contribution in [3.8, 4) is 0 Å². The minimum atomic E-state index is 0.346. The van der Waals surface area contributed by atoms with Gasteiger partial charge >= 0.3 is 0 Å². The molecule has 98 valence electrons. The first-order valence-corrected chi connectivity index (χ1v) is 7.30. The largest absolute Gasteiger partial charge is 0.234 e. The van der Waals surface area contributed by atoms with Crippen LogP contribution in [0.25, 0.3) is 4.96 Å². The molecule has 0 N–H and O–H groups in total. The fraction of sp³-hybridized carbons (Fsp3) is 0.357. The van der Waals surface area contributed by atoms with Crippen molar-refractivity contribution in [2.24, 2.45) is 0 Å². The van der Waals surface area contributed by atoms with Crippen LogP contribution in [-0.4, -0.2) is 19.8 Å². The maximum Gasteiger partial charge on any atom is 0.234 e. The van der Waals surface area contributed by atoms with Gasteiger partial charge in [-0.05, 0) is 12.0 Å². The third-order valence-electron chi connectivity index (χ3n) is 3.04. The van der Waals surface area contributed by atoms with Gasteiger partial charge in [0, 0.05) is 12.3 Å². The van der Waals surface area contributed by atoms with Crippen LogP contribution in [0.15, 0.2) is 30.3 Å². The van der Waals surface area contributed by atoms with E-state index in [2.05, 4.69) is 53.4 Å². The molecule has 5 heteroatoms. The van der Waals surface area contributed by atoms with Crippen LogP contribution in [0.5, 0.6) is 0 Å². The van der Waals surface area contributed by atoms with Crippen molar-refractivity contribution in [3.63, 3.8) is 0 Å². The van der Waals surface area contributed by atoms with E-state index in [1.807, 2.05) is 10.6 Å². The Kier molecular flexibility index (Phi) is 3.29. The van der Waals surface area contributed by atoms with Gasteiger partial charge in [-0.15, -0.1) is 10.2 Å². The fourth-order valence-electron chi connectivity index (χ4n) is 2.03. The van der Waals surface area contributed by atoms with Crippen LogP contribution in [0, 0.1) is 0 Å². The van der Waals surface area contributed by atoms with Crippen LogP contribution >= 0.6 is 11.3 Å². The number of fused-ring (bicyclic) bond motifs is 1. The van der Waals surface area contributed by atoms with Crippen molar-refractivity contribution in [3.05, 3.63) is 46.7 Å². The Hall–Kier alpha value is -1.75. The SMILES string of the molecule is CC(C)c1nnc2sc(CCc3ccccc3)nn12. The number of aromatic nitrogens is 4. The lowest BCUT2D eigenvalue weighted by Gasteiger charge is -1.99. The molecule has 0 atom stereocenters. The maximum absolute atomic E-state index is 4.62. The summed E-state index contributed by atoms with van der Waals surface area (Å²) in [7, 11) is 0. The number of hydrogen-bond donors (Lipinski definition) is 0. The van der Waals surface area contributed by atoms with Crippen molar-refractivity contribution < 1.29 is 0 Å². The second-order valence-electron chi connectivity index (χ2n) is 4.89. The smallest absolute Gasteiger partial charge is 0.187 e. The summed E-state index contributed by atoms with van der Waals surface area (Å²) in [4.78, 5) is 0.895. The highest BCUT2D eigenvalue weighted by atomic mass is 32.1. The topological polar surface area (TPSA) is 43.1 Å². The molecule has 2 aromatic heterocycles. The van der Waals surface area contributed by atoms with Crippen molar-refractivity contribution in [1.82, 2.24) is 19.8 Å². The number of nitrogens with zero attached hydrogens (tertiary/aromatic N) is 4. The number of hydrogen-bond acceptors (Lipinski definition) is 4. The number of aryl methyl sites for hydroxylation is 2. The van der Waals surface area contributed by atoms with Gasteiger partial charge in [-0.1, -0.05) is 55.5 Å². The molecule has 0 unspecified atom stereocenters. The molecule has 3 aromatic rings. The summed E-state index contributed by atoms with van der Waals surface area (Å²) in [6, 6.07) is 10.5. The summed E-state index contributed by atoms with van der Waals surface area (Å²) < 4.78 is 1.88. The first kappa shape index (κ1) is 12.3. The van der Waals surface area contributed by atoms with Gasteiger partial charge in [-0.25, -0.2) is 0 Å². The second-order valence-corrected chi connectivity index (χ2v) is 5.93. The molecular formula is C14H16N4S. The molecular weight excluding hydrogens is 256 g/mol. The van der Waals surface area contributed by atoms with E-state index in [0.717, 1.165) is 28.6 Å². The zero-order valence-electron chi connectivity index (χ0n) is 11.1. The lowest BCUT2D eigenvalue weighted by molar-refractivity contribution is 0.715. The standard InChI is InChI=1S/C14H16N4S/c1-10(2)13-15-16-14-18(13)17-12(19-14)9-8-11-6-4-3-5-7-11/h3-7,10H,8-9H2,1-2H3. The quantitative estimate of drug-likeness (QED) is 0.733. The average molecular weight is 272 g/mol. The monoisotopic (exact) mass is 272 g/mol. The van der Waals surface area contributed by atoms with Gasteiger partial charge in [0.25, 0.3) is 0 Å². The predicted molar refractivity (Wildman–Crippen MR) is 76.6 cm³/mol. The normalized spacial score (nSPS) is 11.5. The summed E-state index contributed by atoms with van der Waals surface area (Å²) in [5.74, 6) is 1.29. The van der Waals surface area contributed by atoms with E-state index in [-0.39, 0.29) is 0 Å². The Bertz CT molecular complexity index is 669. The zero-order chi connectivity index (χ0) is 13.2. The van der Waals surface area contributed by atoms with Crippen LogP contribution in [0.1, 0.15) is 36.2 Å². The van der Waals surface area contributed by atoms with Gasteiger partial charge in [0.15, 0.2) is 5.82 Å². The van der Waals surface area contributed by atoms with E-state index in [1.54, 1.807) is 11.3 Å². The number of rotatable bonds is 4. The number of benzene rings is 1.